The van der Waals surface area contributed by atoms with Gasteiger partial charge in [0.2, 0.25) is 0 Å². The van der Waals surface area contributed by atoms with Gasteiger partial charge in [-0.2, -0.15) is 0 Å². The molecule has 4 nitrogen and oxygen atoms in total. The van der Waals surface area contributed by atoms with Crippen molar-refractivity contribution in [3.05, 3.63) is 69.7 Å². The normalized spacial score (nSPS) is 19.0. The highest BCUT2D eigenvalue weighted by Gasteiger charge is 2.24. The van der Waals surface area contributed by atoms with Crippen LogP contribution >= 0.6 is 0 Å². The summed E-state index contributed by atoms with van der Waals surface area (Å²) in [4.78, 5) is 16.6. The number of benzene rings is 2. The average Bonchev–Trinajstić information content (AvgIpc) is 2.81. The molecule has 4 heteroatoms. The predicted molar refractivity (Wildman–Crippen MR) is 86.3 cm³/mol. The average molecular weight is 294 g/mol. The van der Waals surface area contributed by atoms with Crippen molar-refractivity contribution in [2.75, 3.05) is 20.1 Å². The Morgan fingerprint density at radius 1 is 1.23 bits per heavy atom. The van der Waals surface area contributed by atoms with Gasteiger partial charge in [0.25, 0.3) is 0 Å². The molecule has 0 bridgehead atoms. The molecule has 22 heavy (non-hydrogen) atoms. The Balaban J connectivity index is 1.92. The zero-order valence-electron chi connectivity index (χ0n) is 12.5. The van der Waals surface area contributed by atoms with E-state index in [4.69, 9.17) is 4.42 Å². The van der Waals surface area contributed by atoms with E-state index >= 15 is 0 Å². The molecule has 0 saturated carbocycles. The first-order valence-corrected chi connectivity index (χ1v) is 7.60. The molecule has 1 aliphatic rings. The van der Waals surface area contributed by atoms with Gasteiger partial charge in [-0.3, -0.25) is 4.98 Å². The molecule has 1 aromatic heterocycles. The minimum atomic E-state index is -0.386. The van der Waals surface area contributed by atoms with Gasteiger partial charge >= 0.3 is 5.76 Å². The fraction of sp³-hybridized carbons (Fsp3) is 0.278. The van der Waals surface area contributed by atoms with Crippen molar-refractivity contribution in [2.24, 2.45) is 0 Å². The van der Waals surface area contributed by atoms with Gasteiger partial charge in [0, 0.05) is 19.0 Å². The fourth-order valence-corrected chi connectivity index (χ4v) is 3.38. The van der Waals surface area contributed by atoms with E-state index in [0.29, 0.717) is 11.5 Å². The first kappa shape index (κ1) is 13.3. The van der Waals surface area contributed by atoms with Crippen molar-refractivity contribution in [3.63, 3.8) is 0 Å². The van der Waals surface area contributed by atoms with E-state index in [2.05, 4.69) is 47.3 Å². The van der Waals surface area contributed by atoms with Crippen LogP contribution in [0.2, 0.25) is 0 Å². The van der Waals surface area contributed by atoms with Crippen molar-refractivity contribution in [1.29, 1.82) is 0 Å². The van der Waals surface area contributed by atoms with Crippen LogP contribution in [0.3, 0.4) is 0 Å². The summed E-state index contributed by atoms with van der Waals surface area (Å²) in [5.74, 6) is -0.0740. The van der Waals surface area contributed by atoms with Crippen LogP contribution in [0.4, 0.5) is 0 Å². The van der Waals surface area contributed by atoms with Crippen LogP contribution in [0.15, 0.2) is 51.7 Å². The van der Waals surface area contributed by atoms with Gasteiger partial charge in [0.05, 0.1) is 5.52 Å². The van der Waals surface area contributed by atoms with Gasteiger partial charge in [-0.15, -0.1) is 0 Å². The Morgan fingerprint density at radius 3 is 2.86 bits per heavy atom. The maximum Gasteiger partial charge on any atom is 0.417 e. The summed E-state index contributed by atoms with van der Waals surface area (Å²) in [6.07, 6.45) is 0.972. The fourth-order valence-electron chi connectivity index (χ4n) is 3.38. The lowest BCUT2D eigenvalue weighted by atomic mass is 9.88. The van der Waals surface area contributed by atoms with Crippen LogP contribution in [0, 0.1) is 0 Å². The molecule has 1 atom stereocenters. The Hall–Kier alpha value is -2.33. The Morgan fingerprint density at radius 2 is 2.05 bits per heavy atom. The molecule has 2 heterocycles. The summed E-state index contributed by atoms with van der Waals surface area (Å²) in [5, 5.41) is 0. The number of rotatable bonds is 1. The lowest BCUT2D eigenvalue weighted by molar-refractivity contribution is 0.338. The molecule has 0 saturated heterocycles. The van der Waals surface area contributed by atoms with Crippen molar-refractivity contribution in [3.8, 4) is 0 Å². The lowest BCUT2D eigenvalue weighted by Gasteiger charge is -2.22. The maximum atomic E-state index is 11.4. The van der Waals surface area contributed by atoms with Gasteiger partial charge in [0.1, 0.15) is 0 Å². The first-order valence-electron chi connectivity index (χ1n) is 7.60. The molecule has 1 aliphatic heterocycles. The van der Waals surface area contributed by atoms with Gasteiger partial charge < -0.3 is 9.32 Å². The van der Waals surface area contributed by atoms with Crippen molar-refractivity contribution in [2.45, 2.75) is 12.3 Å². The summed E-state index contributed by atoms with van der Waals surface area (Å²) < 4.78 is 5.22. The number of H-pyrrole nitrogens is 1. The predicted octanol–water partition coefficient (Wildman–Crippen LogP) is 2.74. The van der Waals surface area contributed by atoms with Crippen molar-refractivity contribution < 1.29 is 4.42 Å². The minimum Gasteiger partial charge on any atom is -0.408 e. The summed E-state index contributed by atoms with van der Waals surface area (Å²) in [5.41, 5.74) is 5.31. The van der Waals surface area contributed by atoms with E-state index in [9.17, 15) is 4.79 Å². The quantitative estimate of drug-likeness (QED) is 0.751. The maximum absolute atomic E-state index is 11.4. The number of hydrogen-bond donors (Lipinski definition) is 1. The van der Waals surface area contributed by atoms with Crippen LogP contribution in [0.25, 0.3) is 11.1 Å². The van der Waals surface area contributed by atoms with Gasteiger partial charge in [-0.25, -0.2) is 4.79 Å². The van der Waals surface area contributed by atoms with Crippen LogP contribution in [-0.4, -0.2) is 30.0 Å². The van der Waals surface area contributed by atoms with Gasteiger partial charge in [0.15, 0.2) is 5.58 Å². The second-order valence-corrected chi connectivity index (χ2v) is 6.04. The molecule has 4 rings (SSSR count). The van der Waals surface area contributed by atoms with E-state index < -0.39 is 0 Å². The van der Waals surface area contributed by atoms with Crippen molar-refractivity contribution >= 4 is 11.1 Å². The highest BCUT2D eigenvalue weighted by molar-refractivity contribution is 5.75. The van der Waals surface area contributed by atoms with Crippen LogP contribution in [0.1, 0.15) is 22.6 Å². The van der Waals surface area contributed by atoms with E-state index in [1.807, 2.05) is 12.1 Å². The molecule has 0 fully saturated rings. The highest BCUT2D eigenvalue weighted by atomic mass is 16.4. The van der Waals surface area contributed by atoms with Crippen LogP contribution in [-0.2, 0) is 6.42 Å². The smallest absolute Gasteiger partial charge is 0.408 e. The van der Waals surface area contributed by atoms with E-state index in [0.717, 1.165) is 25.0 Å². The zero-order chi connectivity index (χ0) is 15.1. The second-order valence-electron chi connectivity index (χ2n) is 6.04. The topological polar surface area (TPSA) is 49.2 Å². The summed E-state index contributed by atoms with van der Waals surface area (Å²) in [6.45, 7) is 1.99. The van der Waals surface area contributed by atoms with Crippen LogP contribution < -0.4 is 5.76 Å². The lowest BCUT2D eigenvalue weighted by Crippen LogP contribution is -2.24. The number of aromatic amines is 1. The second kappa shape index (κ2) is 5.14. The molecular formula is C18H18N2O2. The first-order chi connectivity index (χ1) is 10.7. The SMILES string of the molecule is CN1CCc2cc3oc(=O)[nH]c3cc2C(c2ccccc2)C1. The molecule has 0 amide bonds. The molecule has 0 radical (unpaired) electrons. The molecule has 3 aromatic rings. The molecule has 0 aliphatic carbocycles. The number of likely N-dealkylation sites (N-methyl/N-ethyl adjacent to an activating group) is 1. The molecule has 1 N–H and O–H groups in total. The number of aromatic nitrogens is 1. The van der Waals surface area contributed by atoms with E-state index in [1.54, 1.807) is 0 Å². The summed E-state index contributed by atoms with van der Waals surface area (Å²) in [6, 6.07) is 14.7. The van der Waals surface area contributed by atoms with Gasteiger partial charge in [-0.05, 0) is 42.3 Å². The Bertz CT molecular complexity index is 864. The number of fused-ring (bicyclic) bond motifs is 2. The third-order valence-corrected chi connectivity index (χ3v) is 4.52. The Kier molecular flexibility index (Phi) is 3.12. The highest BCUT2D eigenvalue weighted by Crippen LogP contribution is 2.33. The molecule has 2 aromatic carbocycles. The zero-order valence-corrected chi connectivity index (χ0v) is 12.5. The Labute approximate surface area is 128 Å². The summed E-state index contributed by atoms with van der Waals surface area (Å²) >= 11 is 0. The summed E-state index contributed by atoms with van der Waals surface area (Å²) in [7, 11) is 2.16. The number of oxazole rings is 1. The van der Waals surface area contributed by atoms with E-state index in [1.165, 1.54) is 16.7 Å². The van der Waals surface area contributed by atoms with Crippen LogP contribution in [0.5, 0.6) is 0 Å². The third-order valence-electron chi connectivity index (χ3n) is 4.52. The number of nitrogens with zero attached hydrogens (tertiary/aromatic N) is 1. The standard InChI is InChI=1S/C18H18N2O2/c1-20-8-7-13-9-17-16(19-18(21)22-17)10-14(13)15(11-20)12-5-3-2-4-6-12/h2-6,9-10,15H,7-8,11H2,1H3,(H,19,21). The molecule has 112 valence electrons. The third kappa shape index (κ3) is 2.25. The minimum absolute atomic E-state index is 0.312. The van der Waals surface area contributed by atoms with Crippen molar-refractivity contribution in [1.82, 2.24) is 9.88 Å². The monoisotopic (exact) mass is 294 g/mol. The van der Waals surface area contributed by atoms with Gasteiger partial charge in [-0.1, -0.05) is 30.3 Å². The number of nitrogens with one attached hydrogen (secondary N) is 1. The molecular weight excluding hydrogens is 276 g/mol. The largest absolute Gasteiger partial charge is 0.417 e. The molecule has 0 spiro atoms. The van der Waals surface area contributed by atoms with E-state index in [-0.39, 0.29) is 5.76 Å². The number of hydrogen-bond acceptors (Lipinski definition) is 3. The molecule has 1 unspecified atom stereocenters.